The summed E-state index contributed by atoms with van der Waals surface area (Å²) in [5, 5.41) is 12.0. The Bertz CT molecular complexity index is 1350. The van der Waals surface area contributed by atoms with Crippen molar-refractivity contribution in [2.24, 2.45) is 5.41 Å². The zero-order valence-electron chi connectivity index (χ0n) is 22.5. The van der Waals surface area contributed by atoms with Gasteiger partial charge in [0.2, 0.25) is 10.0 Å². The normalized spacial score (nSPS) is 19.9. The Morgan fingerprint density at radius 2 is 1.70 bits per heavy atom. The molecule has 1 amide bonds. The number of aromatic nitrogens is 1. The molecular weight excluding hydrogens is 560 g/mol. The van der Waals surface area contributed by atoms with E-state index in [0.29, 0.717) is 34.0 Å². The molecule has 1 spiro atoms. The van der Waals surface area contributed by atoms with Gasteiger partial charge in [-0.2, -0.15) is 0 Å². The van der Waals surface area contributed by atoms with Gasteiger partial charge in [0.1, 0.15) is 11.6 Å². The van der Waals surface area contributed by atoms with Crippen LogP contribution in [0.25, 0.3) is 0 Å². The first-order valence-corrected chi connectivity index (χ1v) is 16.4. The van der Waals surface area contributed by atoms with E-state index in [4.69, 9.17) is 5.11 Å². The van der Waals surface area contributed by atoms with Crippen molar-refractivity contribution in [1.82, 2.24) is 4.98 Å². The van der Waals surface area contributed by atoms with Crippen LogP contribution in [0.3, 0.4) is 0 Å². The van der Waals surface area contributed by atoms with Crippen LogP contribution in [-0.4, -0.2) is 75.1 Å². The molecule has 218 valence electrons. The lowest BCUT2D eigenvalue weighted by molar-refractivity contribution is -0.0222. The van der Waals surface area contributed by atoms with Crippen LogP contribution in [0.15, 0.2) is 35.2 Å². The van der Waals surface area contributed by atoms with Gasteiger partial charge in [-0.05, 0) is 67.7 Å². The van der Waals surface area contributed by atoms with E-state index in [1.807, 2.05) is 17.2 Å². The number of rotatable bonds is 9. The highest BCUT2D eigenvalue weighted by molar-refractivity contribution is 7.98. The number of piperidine rings is 2. The summed E-state index contributed by atoms with van der Waals surface area (Å²) in [7, 11) is -3.73. The van der Waals surface area contributed by atoms with Crippen molar-refractivity contribution in [2.45, 2.75) is 49.3 Å². The maximum Gasteiger partial charge on any atom is 0.258 e. The topological polar surface area (TPSA) is 115 Å². The molecule has 1 saturated carbocycles. The summed E-state index contributed by atoms with van der Waals surface area (Å²) in [5.41, 5.74) is 1.73. The number of hydrogen-bond donors (Lipinski definition) is 3. The molecule has 1 aromatic heterocycles. The molecule has 0 bridgehead atoms. The van der Waals surface area contributed by atoms with Crippen molar-refractivity contribution in [1.29, 1.82) is 0 Å². The minimum absolute atomic E-state index is 0.180. The molecule has 0 unspecified atom stereocenters. The first-order valence-electron chi connectivity index (χ1n) is 13.5. The molecule has 9 nitrogen and oxygen atoms in total. The quantitative estimate of drug-likeness (QED) is 0.366. The maximum atomic E-state index is 13.7. The van der Waals surface area contributed by atoms with E-state index >= 15 is 0 Å². The molecule has 3 heterocycles. The maximum absolute atomic E-state index is 13.7. The average molecular weight is 596 g/mol. The molecule has 0 atom stereocenters. The Morgan fingerprint density at radius 3 is 2.33 bits per heavy atom. The molecule has 2 saturated heterocycles. The summed E-state index contributed by atoms with van der Waals surface area (Å²) in [5.74, 6) is -2.62. The van der Waals surface area contributed by atoms with E-state index in [9.17, 15) is 22.0 Å². The number of alkyl halides is 2. The number of sulfonamides is 1. The molecule has 2 aliphatic heterocycles. The van der Waals surface area contributed by atoms with Gasteiger partial charge >= 0.3 is 0 Å². The molecule has 1 aliphatic carbocycles. The fourth-order valence-corrected chi connectivity index (χ4v) is 6.81. The first-order chi connectivity index (χ1) is 19.0. The van der Waals surface area contributed by atoms with E-state index in [1.165, 1.54) is 30.7 Å². The van der Waals surface area contributed by atoms with Gasteiger partial charge in [0.05, 0.1) is 29.3 Å². The van der Waals surface area contributed by atoms with Gasteiger partial charge < -0.3 is 20.2 Å². The number of pyridine rings is 1. The van der Waals surface area contributed by atoms with Gasteiger partial charge in [0.25, 0.3) is 11.8 Å². The molecular formula is C27H35F2N5O4S2. The van der Waals surface area contributed by atoms with Gasteiger partial charge in [-0.25, -0.2) is 22.2 Å². The zero-order chi connectivity index (χ0) is 28.5. The third-order valence-electron chi connectivity index (χ3n) is 8.09. The molecule has 40 heavy (non-hydrogen) atoms. The highest BCUT2D eigenvalue weighted by Crippen LogP contribution is 2.54. The van der Waals surface area contributed by atoms with E-state index in [-0.39, 0.29) is 25.9 Å². The number of benzene rings is 1. The fourth-order valence-electron chi connectivity index (χ4n) is 5.42. The van der Waals surface area contributed by atoms with E-state index in [1.54, 1.807) is 18.2 Å². The predicted octanol–water partition coefficient (Wildman–Crippen LogP) is 4.41. The van der Waals surface area contributed by atoms with Crippen molar-refractivity contribution < 1.29 is 27.1 Å². The van der Waals surface area contributed by atoms with Crippen LogP contribution >= 0.6 is 11.8 Å². The van der Waals surface area contributed by atoms with Crippen molar-refractivity contribution in [3.63, 3.8) is 0 Å². The third kappa shape index (κ3) is 6.63. The number of aliphatic hydroxyl groups is 1. The van der Waals surface area contributed by atoms with Gasteiger partial charge in [-0.15, -0.1) is 11.8 Å². The van der Waals surface area contributed by atoms with Crippen LogP contribution in [0.5, 0.6) is 0 Å². The summed E-state index contributed by atoms with van der Waals surface area (Å²) in [6.07, 6.45) is 5.90. The van der Waals surface area contributed by atoms with Crippen LogP contribution in [0.4, 0.5) is 31.8 Å². The Hall–Kier alpha value is -2.64. The van der Waals surface area contributed by atoms with E-state index < -0.39 is 34.2 Å². The van der Waals surface area contributed by atoms with Gasteiger partial charge in [0.15, 0.2) is 0 Å². The van der Waals surface area contributed by atoms with Gasteiger partial charge in [-0.3, -0.25) is 9.52 Å². The average Bonchev–Trinajstić information content (AvgIpc) is 3.67. The lowest BCUT2D eigenvalue weighted by Gasteiger charge is -2.35. The van der Waals surface area contributed by atoms with Crippen LogP contribution < -0.4 is 19.8 Å². The lowest BCUT2D eigenvalue weighted by atomic mass is 9.93. The van der Waals surface area contributed by atoms with Crippen LogP contribution in [-0.2, 0) is 10.0 Å². The van der Waals surface area contributed by atoms with Gasteiger partial charge in [-0.1, -0.05) is 0 Å². The van der Waals surface area contributed by atoms with E-state index in [2.05, 4.69) is 19.9 Å². The number of amides is 1. The minimum Gasteiger partial charge on any atom is -0.395 e. The second-order valence-electron chi connectivity index (χ2n) is 10.9. The highest BCUT2D eigenvalue weighted by Gasteiger charge is 2.44. The second kappa shape index (κ2) is 11.3. The Balaban J connectivity index is 1.40. The number of thioether (sulfide) groups is 1. The number of aliphatic hydroxyl groups excluding tert-OH is 1. The van der Waals surface area contributed by atoms with Crippen LogP contribution in [0, 0.1) is 5.41 Å². The standard InChI is InChI=1S/C27H35F2N5O4S2/c1-39-22-4-5-23(30-24(22)34-14-10-27(28,29)11-15-34)31-25(36)20-3-2-19(32-40(37,38)17-16-35)18-21(20)33-12-8-26(6-7-26)9-13-33/h2-5,18,32,35H,6-17H2,1H3,(H,30,31,36). The van der Waals surface area contributed by atoms with Crippen molar-refractivity contribution >= 4 is 50.7 Å². The Morgan fingerprint density at radius 1 is 1.02 bits per heavy atom. The molecule has 3 aliphatic rings. The number of carbonyl (C=O) groups is 1. The summed E-state index contributed by atoms with van der Waals surface area (Å²) in [6.45, 7) is 1.38. The highest BCUT2D eigenvalue weighted by atomic mass is 32.2. The molecule has 3 N–H and O–H groups in total. The monoisotopic (exact) mass is 595 g/mol. The number of anilines is 4. The van der Waals surface area contributed by atoms with Crippen LogP contribution in [0.2, 0.25) is 0 Å². The number of carbonyl (C=O) groups excluding carboxylic acids is 1. The predicted molar refractivity (Wildman–Crippen MR) is 154 cm³/mol. The molecule has 13 heteroatoms. The summed E-state index contributed by atoms with van der Waals surface area (Å²) in [4.78, 5) is 23.0. The second-order valence-corrected chi connectivity index (χ2v) is 13.6. The third-order valence-corrected chi connectivity index (χ3v) is 10.1. The van der Waals surface area contributed by atoms with E-state index in [0.717, 1.165) is 30.8 Å². The Kier molecular flexibility index (Phi) is 8.17. The molecule has 1 aromatic carbocycles. The van der Waals surface area contributed by atoms with Gasteiger partial charge in [0, 0.05) is 43.9 Å². The summed E-state index contributed by atoms with van der Waals surface area (Å²) >= 11 is 1.47. The number of halogens is 2. The zero-order valence-corrected chi connectivity index (χ0v) is 24.1. The van der Waals surface area contributed by atoms with Crippen molar-refractivity contribution in [3.05, 3.63) is 35.9 Å². The lowest BCUT2D eigenvalue weighted by Crippen LogP contribution is -2.40. The molecule has 3 fully saturated rings. The molecule has 0 radical (unpaired) electrons. The van der Waals surface area contributed by atoms with Crippen LogP contribution in [0.1, 0.15) is 48.9 Å². The summed E-state index contributed by atoms with van der Waals surface area (Å²) in [6, 6.07) is 8.31. The molecule has 2 aromatic rings. The summed E-state index contributed by atoms with van der Waals surface area (Å²) < 4.78 is 54.5. The Labute approximate surface area is 237 Å². The van der Waals surface area contributed by atoms with Crippen molar-refractivity contribution in [2.75, 3.05) is 64.6 Å². The largest absolute Gasteiger partial charge is 0.395 e. The molecule has 5 rings (SSSR count). The SMILES string of the molecule is CSc1ccc(NC(=O)c2ccc(NS(=O)(=O)CCO)cc2N2CCC3(CC2)CC3)nc1N1CCC(F)(F)CC1. The number of nitrogens with one attached hydrogen (secondary N) is 2. The number of nitrogens with zero attached hydrogens (tertiary/aromatic N) is 3. The number of hydrogen-bond acceptors (Lipinski definition) is 8. The smallest absolute Gasteiger partial charge is 0.258 e. The fraction of sp³-hybridized carbons (Fsp3) is 0.556. The van der Waals surface area contributed by atoms with Crippen molar-refractivity contribution in [3.8, 4) is 0 Å². The minimum atomic E-state index is -3.73. The first kappa shape index (κ1) is 28.9.